The van der Waals surface area contributed by atoms with Gasteiger partial charge >= 0.3 is 6.18 Å². The summed E-state index contributed by atoms with van der Waals surface area (Å²) in [4.78, 5) is 0. The van der Waals surface area contributed by atoms with Crippen LogP contribution < -0.4 is 4.74 Å². The number of benzene rings is 1. The summed E-state index contributed by atoms with van der Waals surface area (Å²) in [7, 11) is 1.46. The summed E-state index contributed by atoms with van der Waals surface area (Å²) in [5, 5.41) is 0. The van der Waals surface area contributed by atoms with Crippen LogP contribution in [0.15, 0.2) is 24.3 Å². The van der Waals surface area contributed by atoms with Crippen LogP contribution in [-0.4, -0.2) is 13.3 Å². The van der Waals surface area contributed by atoms with Crippen LogP contribution in [0.2, 0.25) is 0 Å². The minimum absolute atomic E-state index is 0.149. The summed E-state index contributed by atoms with van der Waals surface area (Å²) in [6.07, 6.45) is -4.33. The third-order valence-corrected chi connectivity index (χ3v) is 3.07. The van der Waals surface area contributed by atoms with Crippen molar-refractivity contribution in [3.63, 3.8) is 0 Å². The van der Waals surface area contributed by atoms with Crippen LogP contribution in [0.4, 0.5) is 13.2 Å². The Hall–Kier alpha value is -0.710. The fourth-order valence-electron chi connectivity index (χ4n) is 1.07. The monoisotopic (exact) mass is 282 g/mol. The van der Waals surface area contributed by atoms with Crippen molar-refractivity contribution in [3.05, 3.63) is 29.8 Å². The normalized spacial score (nSPS) is 15.9. The first-order valence-corrected chi connectivity index (χ1v) is 4.98. The topological polar surface area (TPSA) is 9.23 Å². The number of hydrogen-bond donors (Lipinski definition) is 0. The number of rotatable bonds is 2. The lowest BCUT2D eigenvalue weighted by molar-refractivity contribution is -0.155. The van der Waals surface area contributed by atoms with Crippen molar-refractivity contribution in [1.29, 1.82) is 0 Å². The molecule has 5 heteroatoms. The van der Waals surface area contributed by atoms with Crippen LogP contribution in [0.1, 0.15) is 12.5 Å². The van der Waals surface area contributed by atoms with Gasteiger partial charge in [0.15, 0.2) is 0 Å². The Morgan fingerprint density at radius 3 is 1.93 bits per heavy atom. The summed E-state index contributed by atoms with van der Waals surface area (Å²) in [6.45, 7) is 1.08. The number of hydrogen-bond acceptors (Lipinski definition) is 1. The van der Waals surface area contributed by atoms with E-state index in [0.29, 0.717) is 5.75 Å². The standard InChI is InChI=1S/C10H10BrF3O/c1-9(11,10(12,13)14)7-3-5-8(15-2)6-4-7/h3-6H,1-2H3. The van der Waals surface area contributed by atoms with E-state index in [9.17, 15) is 13.2 Å². The van der Waals surface area contributed by atoms with Crippen LogP contribution in [-0.2, 0) is 4.32 Å². The Balaban J connectivity index is 3.06. The molecule has 1 atom stereocenters. The molecule has 0 aromatic heterocycles. The summed E-state index contributed by atoms with van der Waals surface area (Å²) in [6, 6.07) is 5.78. The van der Waals surface area contributed by atoms with Gasteiger partial charge in [-0.1, -0.05) is 28.1 Å². The van der Waals surface area contributed by atoms with Crippen molar-refractivity contribution in [2.45, 2.75) is 17.4 Å². The fourth-order valence-corrected chi connectivity index (χ4v) is 1.33. The Bertz CT molecular complexity index is 330. The molecule has 15 heavy (non-hydrogen) atoms. The minimum Gasteiger partial charge on any atom is -0.497 e. The molecule has 84 valence electrons. The number of halogens is 4. The summed E-state index contributed by atoms with van der Waals surface area (Å²) >= 11 is 2.69. The second kappa shape index (κ2) is 4.04. The summed E-state index contributed by atoms with van der Waals surface area (Å²) in [5.41, 5.74) is 0.149. The van der Waals surface area contributed by atoms with E-state index >= 15 is 0 Å². The van der Waals surface area contributed by atoms with Gasteiger partial charge < -0.3 is 4.74 Å². The maximum absolute atomic E-state index is 12.6. The molecule has 1 nitrogen and oxygen atoms in total. The summed E-state index contributed by atoms with van der Waals surface area (Å²) in [5.74, 6) is 0.532. The van der Waals surface area contributed by atoms with Gasteiger partial charge in [0.05, 0.1) is 7.11 Å². The van der Waals surface area contributed by atoms with Crippen LogP contribution >= 0.6 is 15.9 Å². The van der Waals surface area contributed by atoms with Crippen molar-refractivity contribution in [2.24, 2.45) is 0 Å². The SMILES string of the molecule is COc1ccc(C(C)(Br)C(F)(F)F)cc1. The fraction of sp³-hybridized carbons (Fsp3) is 0.400. The van der Waals surface area contributed by atoms with Gasteiger partial charge in [-0.05, 0) is 24.6 Å². The predicted octanol–water partition coefficient (Wildman–Crippen LogP) is 3.87. The van der Waals surface area contributed by atoms with E-state index in [1.54, 1.807) is 0 Å². The van der Waals surface area contributed by atoms with E-state index in [4.69, 9.17) is 4.74 Å². The summed E-state index contributed by atoms with van der Waals surface area (Å²) < 4.78 is 40.7. The van der Waals surface area contributed by atoms with Crippen molar-refractivity contribution in [3.8, 4) is 5.75 Å². The molecule has 0 saturated heterocycles. The second-order valence-corrected chi connectivity index (χ2v) is 4.82. The van der Waals surface area contributed by atoms with Gasteiger partial charge in [-0.2, -0.15) is 13.2 Å². The first kappa shape index (κ1) is 12.4. The highest BCUT2D eigenvalue weighted by atomic mass is 79.9. The molecule has 1 aromatic carbocycles. The zero-order valence-corrected chi connectivity index (χ0v) is 9.82. The Labute approximate surface area is 94.4 Å². The number of alkyl halides is 4. The molecular formula is C10H10BrF3O. The average molecular weight is 283 g/mol. The molecule has 1 aromatic rings. The molecule has 0 heterocycles. The molecule has 0 aliphatic rings. The Morgan fingerprint density at radius 1 is 1.13 bits per heavy atom. The highest BCUT2D eigenvalue weighted by molar-refractivity contribution is 9.09. The maximum atomic E-state index is 12.6. The predicted molar refractivity (Wildman–Crippen MR) is 55.3 cm³/mol. The van der Waals surface area contributed by atoms with E-state index in [1.165, 1.54) is 31.4 Å². The van der Waals surface area contributed by atoms with Crippen molar-refractivity contribution in [1.82, 2.24) is 0 Å². The van der Waals surface area contributed by atoms with Crippen LogP contribution in [0.3, 0.4) is 0 Å². The molecule has 0 bridgehead atoms. The first-order chi connectivity index (χ1) is 6.79. The van der Waals surface area contributed by atoms with Crippen LogP contribution in [0.25, 0.3) is 0 Å². The molecule has 0 aliphatic heterocycles. The third kappa shape index (κ3) is 2.45. The quantitative estimate of drug-likeness (QED) is 0.749. The van der Waals surface area contributed by atoms with Gasteiger partial charge in [-0.3, -0.25) is 0 Å². The van der Waals surface area contributed by atoms with Gasteiger partial charge in [-0.25, -0.2) is 0 Å². The zero-order valence-electron chi connectivity index (χ0n) is 8.23. The molecule has 0 radical (unpaired) electrons. The van der Waals surface area contributed by atoms with Crippen LogP contribution in [0, 0.1) is 0 Å². The Morgan fingerprint density at radius 2 is 1.60 bits per heavy atom. The largest absolute Gasteiger partial charge is 0.497 e. The lowest BCUT2D eigenvalue weighted by Gasteiger charge is -2.26. The van der Waals surface area contributed by atoms with Crippen molar-refractivity contribution in [2.75, 3.05) is 7.11 Å². The van der Waals surface area contributed by atoms with Crippen molar-refractivity contribution >= 4 is 15.9 Å². The molecule has 0 saturated carbocycles. The maximum Gasteiger partial charge on any atom is 0.407 e. The van der Waals surface area contributed by atoms with E-state index < -0.39 is 10.5 Å². The molecule has 0 aliphatic carbocycles. The van der Waals surface area contributed by atoms with E-state index in [0.717, 1.165) is 6.92 Å². The third-order valence-electron chi connectivity index (χ3n) is 2.16. The molecule has 0 fully saturated rings. The van der Waals surface area contributed by atoms with Crippen molar-refractivity contribution < 1.29 is 17.9 Å². The van der Waals surface area contributed by atoms with E-state index in [2.05, 4.69) is 15.9 Å². The lowest BCUT2D eigenvalue weighted by atomic mass is 10.0. The zero-order chi connectivity index (χ0) is 11.7. The van der Waals surface area contributed by atoms with Gasteiger partial charge in [0.2, 0.25) is 0 Å². The highest BCUT2D eigenvalue weighted by Crippen LogP contribution is 2.45. The molecule has 1 rings (SSSR count). The second-order valence-electron chi connectivity index (χ2n) is 3.23. The van der Waals surface area contributed by atoms with Gasteiger partial charge in [0, 0.05) is 0 Å². The van der Waals surface area contributed by atoms with Crippen LogP contribution in [0.5, 0.6) is 5.75 Å². The van der Waals surface area contributed by atoms with Gasteiger partial charge in [-0.15, -0.1) is 0 Å². The highest BCUT2D eigenvalue weighted by Gasteiger charge is 2.50. The minimum atomic E-state index is -4.33. The first-order valence-electron chi connectivity index (χ1n) is 4.19. The molecule has 1 unspecified atom stereocenters. The Kier molecular flexibility index (Phi) is 3.33. The van der Waals surface area contributed by atoms with Gasteiger partial charge in [0.1, 0.15) is 10.1 Å². The lowest BCUT2D eigenvalue weighted by Crippen LogP contribution is -2.33. The number of ether oxygens (including phenoxy) is 1. The molecule has 0 N–H and O–H groups in total. The van der Waals surface area contributed by atoms with E-state index in [1.807, 2.05) is 0 Å². The van der Waals surface area contributed by atoms with Gasteiger partial charge in [0.25, 0.3) is 0 Å². The average Bonchev–Trinajstić information content (AvgIpc) is 2.16. The number of methoxy groups -OCH3 is 1. The van der Waals surface area contributed by atoms with E-state index in [-0.39, 0.29) is 5.56 Å². The molecule has 0 spiro atoms. The molecule has 0 amide bonds. The smallest absolute Gasteiger partial charge is 0.407 e. The molecular weight excluding hydrogens is 273 g/mol.